The maximum Gasteiger partial charge on any atom is 0.324 e. The third-order valence-electron chi connectivity index (χ3n) is 2.94. The zero-order valence-corrected chi connectivity index (χ0v) is 12.1. The number of amides is 3. The van der Waals surface area contributed by atoms with Gasteiger partial charge in [-0.2, -0.15) is 11.8 Å². The number of carboxylic acid groups (broad SMARTS) is 1. The average molecular weight is 288 g/mol. The summed E-state index contributed by atoms with van der Waals surface area (Å²) in [6, 6.07) is -0.423. The zero-order valence-electron chi connectivity index (χ0n) is 11.3. The van der Waals surface area contributed by atoms with Gasteiger partial charge in [-0.05, 0) is 6.42 Å². The molecule has 0 aromatic carbocycles. The van der Waals surface area contributed by atoms with Crippen molar-refractivity contribution in [2.75, 3.05) is 18.8 Å². The second-order valence-electron chi connectivity index (χ2n) is 5.09. The summed E-state index contributed by atoms with van der Waals surface area (Å²) in [4.78, 5) is 35.2. The molecule has 3 amide bonds. The standard InChI is InChI=1S/C12H20N2O4S/c1-12(2)5-6-14(7-8-19-12)11(18)13-9(15)3-4-10(16)17/h3-8H2,1-2H3,(H,16,17)(H,13,15,18). The Balaban J connectivity index is 2.40. The van der Waals surface area contributed by atoms with Crippen molar-refractivity contribution in [1.29, 1.82) is 0 Å². The molecule has 7 heteroatoms. The molecule has 1 fully saturated rings. The highest BCUT2D eigenvalue weighted by Gasteiger charge is 2.26. The summed E-state index contributed by atoms with van der Waals surface area (Å²) in [6.07, 6.45) is 0.436. The number of carboxylic acids is 1. The van der Waals surface area contributed by atoms with Crippen LogP contribution in [0.5, 0.6) is 0 Å². The Hall–Kier alpha value is -1.24. The largest absolute Gasteiger partial charge is 0.481 e. The summed E-state index contributed by atoms with van der Waals surface area (Å²) in [5, 5.41) is 10.7. The van der Waals surface area contributed by atoms with Gasteiger partial charge < -0.3 is 10.0 Å². The number of hydrogen-bond acceptors (Lipinski definition) is 4. The predicted octanol–water partition coefficient (Wildman–Crippen LogP) is 1.30. The van der Waals surface area contributed by atoms with Crippen LogP contribution in [0, 0.1) is 0 Å². The molecule has 108 valence electrons. The smallest absolute Gasteiger partial charge is 0.324 e. The molecule has 2 N–H and O–H groups in total. The second-order valence-corrected chi connectivity index (χ2v) is 6.89. The van der Waals surface area contributed by atoms with E-state index in [0.717, 1.165) is 12.2 Å². The molecule has 1 heterocycles. The Bertz CT molecular complexity index is 371. The first-order valence-electron chi connectivity index (χ1n) is 6.25. The predicted molar refractivity (Wildman–Crippen MR) is 73.1 cm³/mol. The summed E-state index contributed by atoms with van der Waals surface area (Å²) in [6.45, 7) is 5.48. The van der Waals surface area contributed by atoms with Crippen LogP contribution in [0.2, 0.25) is 0 Å². The molecule has 0 aliphatic carbocycles. The number of aliphatic carboxylic acids is 1. The van der Waals surface area contributed by atoms with Crippen molar-refractivity contribution < 1.29 is 19.5 Å². The number of thioether (sulfide) groups is 1. The minimum absolute atomic E-state index is 0.141. The first kappa shape index (κ1) is 15.8. The summed E-state index contributed by atoms with van der Waals surface area (Å²) < 4.78 is 0.141. The molecule has 0 aromatic rings. The summed E-state index contributed by atoms with van der Waals surface area (Å²) in [5.41, 5.74) is 0. The molecule has 0 aromatic heterocycles. The van der Waals surface area contributed by atoms with Gasteiger partial charge in [-0.25, -0.2) is 4.79 Å². The molecule has 0 radical (unpaired) electrons. The fourth-order valence-corrected chi connectivity index (χ4v) is 2.80. The highest BCUT2D eigenvalue weighted by atomic mass is 32.2. The topological polar surface area (TPSA) is 86.7 Å². The van der Waals surface area contributed by atoms with Crippen molar-refractivity contribution in [3.63, 3.8) is 0 Å². The van der Waals surface area contributed by atoms with E-state index < -0.39 is 17.9 Å². The number of carbonyl (C=O) groups excluding carboxylic acids is 2. The van der Waals surface area contributed by atoms with Crippen molar-refractivity contribution in [3.05, 3.63) is 0 Å². The van der Waals surface area contributed by atoms with Crippen LogP contribution in [0.25, 0.3) is 0 Å². The van der Waals surface area contributed by atoms with Crippen LogP contribution in [0.4, 0.5) is 4.79 Å². The molecule has 0 unspecified atom stereocenters. The normalized spacial score (nSPS) is 18.5. The Morgan fingerprint density at radius 3 is 2.58 bits per heavy atom. The Morgan fingerprint density at radius 1 is 1.26 bits per heavy atom. The fraction of sp³-hybridized carbons (Fsp3) is 0.750. The number of imide groups is 1. The van der Waals surface area contributed by atoms with E-state index in [4.69, 9.17) is 5.11 Å². The van der Waals surface area contributed by atoms with E-state index >= 15 is 0 Å². The van der Waals surface area contributed by atoms with Crippen LogP contribution in [0.15, 0.2) is 0 Å². The quantitative estimate of drug-likeness (QED) is 0.817. The lowest BCUT2D eigenvalue weighted by Gasteiger charge is -2.22. The fourth-order valence-electron chi connectivity index (χ4n) is 1.70. The summed E-state index contributed by atoms with van der Waals surface area (Å²) in [7, 11) is 0. The van der Waals surface area contributed by atoms with Crippen LogP contribution < -0.4 is 5.32 Å². The van der Waals surface area contributed by atoms with Crippen LogP contribution in [0.3, 0.4) is 0 Å². The molecule has 0 atom stereocenters. The first-order valence-corrected chi connectivity index (χ1v) is 7.23. The number of carbonyl (C=O) groups is 3. The van der Waals surface area contributed by atoms with E-state index in [1.165, 1.54) is 0 Å². The number of rotatable bonds is 3. The lowest BCUT2D eigenvalue weighted by Crippen LogP contribution is -2.44. The van der Waals surface area contributed by atoms with Crippen molar-refractivity contribution in [2.45, 2.75) is 37.9 Å². The van der Waals surface area contributed by atoms with E-state index in [-0.39, 0.29) is 17.6 Å². The van der Waals surface area contributed by atoms with E-state index in [1.54, 1.807) is 4.90 Å². The van der Waals surface area contributed by atoms with Gasteiger partial charge in [0, 0.05) is 30.0 Å². The van der Waals surface area contributed by atoms with Gasteiger partial charge in [-0.15, -0.1) is 0 Å². The highest BCUT2D eigenvalue weighted by molar-refractivity contribution is 8.00. The molecular formula is C12H20N2O4S. The van der Waals surface area contributed by atoms with Crippen LogP contribution >= 0.6 is 11.8 Å². The van der Waals surface area contributed by atoms with Crippen molar-refractivity contribution in [1.82, 2.24) is 10.2 Å². The van der Waals surface area contributed by atoms with Gasteiger partial charge in [0.15, 0.2) is 0 Å². The van der Waals surface area contributed by atoms with Crippen molar-refractivity contribution in [3.8, 4) is 0 Å². The van der Waals surface area contributed by atoms with E-state index in [1.807, 2.05) is 11.8 Å². The van der Waals surface area contributed by atoms with Gasteiger partial charge in [-0.1, -0.05) is 13.8 Å². The Kier molecular flexibility index (Phi) is 5.65. The first-order chi connectivity index (χ1) is 8.80. The van der Waals surface area contributed by atoms with E-state index in [0.29, 0.717) is 13.1 Å². The lowest BCUT2D eigenvalue weighted by molar-refractivity contribution is -0.138. The van der Waals surface area contributed by atoms with E-state index in [2.05, 4.69) is 19.2 Å². The molecule has 1 saturated heterocycles. The van der Waals surface area contributed by atoms with Crippen molar-refractivity contribution >= 4 is 29.7 Å². The van der Waals surface area contributed by atoms with E-state index in [9.17, 15) is 14.4 Å². The molecule has 1 aliphatic heterocycles. The Morgan fingerprint density at radius 2 is 1.95 bits per heavy atom. The zero-order chi connectivity index (χ0) is 14.5. The third-order valence-corrected chi connectivity index (χ3v) is 4.31. The molecule has 6 nitrogen and oxygen atoms in total. The number of nitrogens with zero attached hydrogens (tertiary/aromatic N) is 1. The molecule has 0 saturated carbocycles. The number of urea groups is 1. The third kappa shape index (κ3) is 5.96. The summed E-state index contributed by atoms with van der Waals surface area (Å²) in [5.74, 6) is -0.747. The second kappa shape index (κ2) is 6.79. The van der Waals surface area contributed by atoms with Gasteiger partial charge in [-0.3, -0.25) is 14.9 Å². The minimum Gasteiger partial charge on any atom is -0.481 e. The monoisotopic (exact) mass is 288 g/mol. The van der Waals surface area contributed by atoms with Gasteiger partial charge in [0.2, 0.25) is 5.91 Å². The number of nitrogens with one attached hydrogen (secondary N) is 1. The maximum absolute atomic E-state index is 11.9. The molecule has 0 spiro atoms. The van der Waals surface area contributed by atoms with Crippen LogP contribution in [-0.2, 0) is 9.59 Å². The minimum atomic E-state index is -1.05. The Labute approximate surface area is 116 Å². The summed E-state index contributed by atoms with van der Waals surface area (Å²) >= 11 is 1.81. The SMILES string of the molecule is CC1(C)CCN(C(=O)NC(=O)CCC(=O)O)CCS1. The van der Waals surface area contributed by atoms with Crippen molar-refractivity contribution in [2.24, 2.45) is 0 Å². The molecule has 0 bridgehead atoms. The molecular weight excluding hydrogens is 268 g/mol. The number of hydrogen-bond donors (Lipinski definition) is 2. The maximum atomic E-state index is 11.9. The van der Waals surface area contributed by atoms with Crippen LogP contribution in [-0.4, -0.2) is 51.5 Å². The van der Waals surface area contributed by atoms with Gasteiger partial charge >= 0.3 is 12.0 Å². The highest BCUT2D eigenvalue weighted by Crippen LogP contribution is 2.30. The van der Waals surface area contributed by atoms with Gasteiger partial charge in [0.1, 0.15) is 0 Å². The molecule has 1 aliphatic rings. The lowest BCUT2D eigenvalue weighted by atomic mass is 10.1. The average Bonchev–Trinajstić information content (AvgIpc) is 2.47. The molecule has 1 rings (SSSR count). The van der Waals surface area contributed by atoms with Gasteiger partial charge in [0.25, 0.3) is 0 Å². The van der Waals surface area contributed by atoms with Crippen LogP contribution in [0.1, 0.15) is 33.1 Å². The van der Waals surface area contributed by atoms with Gasteiger partial charge in [0.05, 0.1) is 6.42 Å². The molecule has 19 heavy (non-hydrogen) atoms.